The first kappa shape index (κ1) is 16.7. The maximum absolute atomic E-state index is 11.9. The van der Waals surface area contributed by atoms with Crippen molar-refractivity contribution < 1.29 is 22.7 Å². The Morgan fingerprint density at radius 3 is 2.86 bits per heavy atom. The summed E-state index contributed by atoms with van der Waals surface area (Å²) in [6.07, 6.45) is 2.29. The quantitative estimate of drug-likeness (QED) is 0.636. The molecular formula is C14H17NO5S2. The Kier molecular flexibility index (Phi) is 5.36. The topological polar surface area (TPSA) is 89.5 Å². The zero-order valence-corrected chi connectivity index (χ0v) is 13.7. The molecule has 0 bridgehead atoms. The summed E-state index contributed by atoms with van der Waals surface area (Å²) in [5.74, 6) is -1.08. The van der Waals surface area contributed by atoms with Crippen molar-refractivity contribution in [2.24, 2.45) is 0 Å². The van der Waals surface area contributed by atoms with Gasteiger partial charge in [0.25, 0.3) is 5.91 Å². The maximum Gasteiger partial charge on any atom is 0.331 e. The summed E-state index contributed by atoms with van der Waals surface area (Å²) >= 11 is 1.51. The number of hydrogen-bond acceptors (Lipinski definition) is 6. The Morgan fingerprint density at radius 1 is 1.50 bits per heavy atom. The van der Waals surface area contributed by atoms with Gasteiger partial charge in [0.2, 0.25) is 0 Å². The highest BCUT2D eigenvalue weighted by Crippen LogP contribution is 2.12. The lowest BCUT2D eigenvalue weighted by Gasteiger charge is -2.15. The molecule has 1 saturated heterocycles. The zero-order valence-electron chi connectivity index (χ0n) is 12.0. The van der Waals surface area contributed by atoms with Crippen molar-refractivity contribution in [2.45, 2.75) is 25.5 Å². The molecular weight excluding hydrogens is 326 g/mol. The first-order chi connectivity index (χ1) is 10.4. The predicted molar refractivity (Wildman–Crippen MR) is 84.1 cm³/mol. The van der Waals surface area contributed by atoms with Crippen LogP contribution in [0.3, 0.4) is 0 Å². The third-order valence-electron chi connectivity index (χ3n) is 3.20. The van der Waals surface area contributed by atoms with E-state index in [2.05, 4.69) is 5.32 Å². The lowest BCUT2D eigenvalue weighted by molar-refractivity contribution is -0.150. The molecule has 1 fully saturated rings. The summed E-state index contributed by atoms with van der Waals surface area (Å²) in [5.41, 5.74) is 0.884. The van der Waals surface area contributed by atoms with Crippen LogP contribution in [0.15, 0.2) is 22.9 Å². The molecule has 0 aliphatic carbocycles. The van der Waals surface area contributed by atoms with E-state index >= 15 is 0 Å². The van der Waals surface area contributed by atoms with Gasteiger partial charge in [0.1, 0.15) is 0 Å². The van der Waals surface area contributed by atoms with Crippen molar-refractivity contribution in [1.82, 2.24) is 5.32 Å². The van der Waals surface area contributed by atoms with Crippen molar-refractivity contribution in [3.8, 4) is 0 Å². The van der Waals surface area contributed by atoms with E-state index in [1.807, 2.05) is 16.8 Å². The summed E-state index contributed by atoms with van der Waals surface area (Å²) in [7, 11) is -3.06. The Balaban J connectivity index is 1.80. The van der Waals surface area contributed by atoms with Crippen LogP contribution in [0.1, 0.15) is 18.9 Å². The first-order valence-electron chi connectivity index (χ1n) is 6.77. The van der Waals surface area contributed by atoms with Crippen molar-refractivity contribution in [1.29, 1.82) is 0 Å². The SMILES string of the molecule is C[C@@H](OC(=O)/C=C/c1ccsc1)C(=O)N[C@@H]1CCS(=O)(=O)C1. The van der Waals surface area contributed by atoms with Crippen molar-refractivity contribution in [3.63, 3.8) is 0 Å². The number of carbonyl (C=O) groups excluding carboxylic acids is 2. The van der Waals surface area contributed by atoms with Gasteiger partial charge in [-0.1, -0.05) is 0 Å². The molecule has 8 heteroatoms. The van der Waals surface area contributed by atoms with Crippen LogP contribution in [-0.2, 0) is 24.2 Å². The molecule has 0 spiro atoms. The van der Waals surface area contributed by atoms with Crippen molar-refractivity contribution in [2.75, 3.05) is 11.5 Å². The molecule has 0 saturated carbocycles. The maximum atomic E-state index is 11.9. The number of amides is 1. The molecule has 1 N–H and O–H groups in total. The van der Waals surface area contributed by atoms with Crippen LogP contribution in [0.25, 0.3) is 6.08 Å². The summed E-state index contributed by atoms with van der Waals surface area (Å²) < 4.78 is 27.6. The standard InChI is InChI=1S/C14H17NO5S2/c1-10(14(17)15-12-5-7-22(18,19)9-12)20-13(16)3-2-11-4-6-21-8-11/h2-4,6,8,10,12H,5,7,9H2,1H3,(H,15,17)/b3-2+/t10-,12-/m1/s1. The third kappa shape index (κ3) is 4.96. The molecule has 2 atom stereocenters. The highest BCUT2D eigenvalue weighted by Gasteiger charge is 2.30. The highest BCUT2D eigenvalue weighted by atomic mass is 32.2. The minimum atomic E-state index is -3.06. The number of hydrogen-bond donors (Lipinski definition) is 1. The van der Waals surface area contributed by atoms with Crippen LogP contribution >= 0.6 is 11.3 Å². The molecule has 1 aromatic heterocycles. The van der Waals surface area contributed by atoms with Gasteiger partial charge >= 0.3 is 5.97 Å². The normalized spacial score (nSPS) is 21.6. The average molecular weight is 343 g/mol. The van der Waals surface area contributed by atoms with Crippen LogP contribution in [-0.4, -0.2) is 43.9 Å². The monoisotopic (exact) mass is 343 g/mol. The first-order valence-corrected chi connectivity index (χ1v) is 9.54. The van der Waals surface area contributed by atoms with Crippen LogP contribution in [0.5, 0.6) is 0 Å². The lowest BCUT2D eigenvalue weighted by Crippen LogP contribution is -2.42. The molecule has 120 valence electrons. The van der Waals surface area contributed by atoms with Gasteiger partial charge in [-0.2, -0.15) is 11.3 Å². The Bertz CT molecular complexity index is 663. The van der Waals surface area contributed by atoms with Crippen LogP contribution in [0, 0.1) is 0 Å². The Labute approximate surface area is 133 Å². The molecule has 0 radical (unpaired) electrons. The van der Waals surface area contributed by atoms with Gasteiger partial charge < -0.3 is 10.1 Å². The summed E-state index contributed by atoms with van der Waals surface area (Å²) in [4.78, 5) is 23.5. The Hall–Kier alpha value is -1.67. The molecule has 1 aliphatic rings. The molecule has 0 aromatic carbocycles. The molecule has 1 aromatic rings. The Morgan fingerprint density at radius 2 is 2.27 bits per heavy atom. The van der Waals surface area contributed by atoms with Gasteiger partial charge in [-0.05, 0) is 41.8 Å². The highest BCUT2D eigenvalue weighted by molar-refractivity contribution is 7.91. The van der Waals surface area contributed by atoms with Gasteiger partial charge in [0.05, 0.1) is 11.5 Å². The third-order valence-corrected chi connectivity index (χ3v) is 5.67. The van der Waals surface area contributed by atoms with Crippen LogP contribution in [0.4, 0.5) is 0 Å². The molecule has 2 heterocycles. The largest absolute Gasteiger partial charge is 0.449 e. The molecule has 1 aliphatic heterocycles. The number of sulfone groups is 1. The van der Waals surface area contributed by atoms with Crippen LogP contribution < -0.4 is 5.32 Å². The molecule has 2 rings (SSSR count). The minimum Gasteiger partial charge on any atom is -0.449 e. The van der Waals surface area contributed by atoms with E-state index in [9.17, 15) is 18.0 Å². The van der Waals surface area contributed by atoms with E-state index in [0.717, 1.165) is 5.56 Å². The van der Waals surface area contributed by atoms with Gasteiger partial charge in [-0.15, -0.1) is 0 Å². The number of thiophene rings is 1. The fourth-order valence-corrected chi connectivity index (χ4v) is 4.33. The number of esters is 1. The zero-order chi connectivity index (χ0) is 16.2. The number of carbonyl (C=O) groups is 2. The van der Waals surface area contributed by atoms with Gasteiger partial charge in [0.15, 0.2) is 15.9 Å². The second-order valence-electron chi connectivity index (χ2n) is 5.08. The van der Waals surface area contributed by atoms with E-state index in [0.29, 0.717) is 6.42 Å². The van der Waals surface area contributed by atoms with E-state index in [1.165, 1.54) is 24.3 Å². The smallest absolute Gasteiger partial charge is 0.331 e. The number of nitrogens with one attached hydrogen (secondary N) is 1. The van der Waals surface area contributed by atoms with E-state index in [4.69, 9.17) is 4.74 Å². The van der Waals surface area contributed by atoms with Gasteiger partial charge in [0, 0.05) is 12.1 Å². The number of ether oxygens (including phenoxy) is 1. The second kappa shape index (κ2) is 7.06. The van der Waals surface area contributed by atoms with Crippen molar-refractivity contribution in [3.05, 3.63) is 28.5 Å². The van der Waals surface area contributed by atoms with E-state index in [-0.39, 0.29) is 11.5 Å². The van der Waals surface area contributed by atoms with Crippen molar-refractivity contribution >= 4 is 39.1 Å². The average Bonchev–Trinajstić information content (AvgIpc) is 3.06. The summed E-state index contributed by atoms with van der Waals surface area (Å²) in [5, 5.41) is 6.35. The fourth-order valence-electron chi connectivity index (χ4n) is 2.03. The fraction of sp³-hybridized carbons (Fsp3) is 0.429. The van der Waals surface area contributed by atoms with Gasteiger partial charge in [-0.25, -0.2) is 13.2 Å². The summed E-state index contributed by atoms with van der Waals surface area (Å²) in [6.45, 7) is 1.45. The predicted octanol–water partition coefficient (Wildman–Crippen LogP) is 0.996. The molecule has 22 heavy (non-hydrogen) atoms. The summed E-state index contributed by atoms with van der Waals surface area (Å²) in [6, 6.07) is 1.45. The molecule has 0 unspecified atom stereocenters. The van der Waals surface area contributed by atoms with E-state index in [1.54, 1.807) is 6.08 Å². The van der Waals surface area contributed by atoms with E-state index < -0.39 is 33.9 Å². The molecule has 6 nitrogen and oxygen atoms in total. The van der Waals surface area contributed by atoms with Gasteiger partial charge in [-0.3, -0.25) is 4.79 Å². The number of rotatable bonds is 5. The molecule has 1 amide bonds. The second-order valence-corrected chi connectivity index (χ2v) is 8.09. The van der Waals surface area contributed by atoms with Crippen LogP contribution in [0.2, 0.25) is 0 Å². The lowest BCUT2D eigenvalue weighted by atomic mass is 10.2. The minimum absolute atomic E-state index is 0.0581.